The summed E-state index contributed by atoms with van der Waals surface area (Å²) < 4.78 is 5.20. The molecule has 82 valence electrons. The van der Waals surface area contributed by atoms with Crippen LogP contribution in [0.5, 0.6) is 5.75 Å². The second-order valence-electron chi connectivity index (χ2n) is 3.88. The van der Waals surface area contributed by atoms with E-state index in [2.05, 4.69) is 0 Å². The summed E-state index contributed by atoms with van der Waals surface area (Å²) in [5.74, 6) is 0.999. The maximum Gasteiger partial charge on any atom is 0.134 e. The molecule has 0 spiro atoms. The summed E-state index contributed by atoms with van der Waals surface area (Å²) in [5.41, 5.74) is 1.06. The van der Waals surface area contributed by atoms with Crippen molar-refractivity contribution in [2.24, 2.45) is 0 Å². The van der Waals surface area contributed by atoms with Crippen molar-refractivity contribution in [1.82, 2.24) is 0 Å². The van der Waals surface area contributed by atoms with Crippen LogP contribution >= 0.6 is 0 Å². The quantitative estimate of drug-likeness (QED) is 0.785. The Balaban J connectivity index is 2.59. The number of carbonyl (C=O) groups is 1. The number of benzene rings is 2. The second kappa shape index (κ2) is 4.35. The largest absolute Gasteiger partial charge is 0.497 e. The van der Waals surface area contributed by atoms with E-state index in [9.17, 15) is 4.79 Å². The molecule has 0 aliphatic heterocycles. The molecule has 0 aliphatic rings. The van der Waals surface area contributed by atoms with Crippen LogP contribution in [0.15, 0.2) is 36.4 Å². The van der Waals surface area contributed by atoms with Crippen LogP contribution in [0.1, 0.15) is 12.5 Å². The summed E-state index contributed by atoms with van der Waals surface area (Å²) in [6.45, 7) is 1.61. The fourth-order valence-electron chi connectivity index (χ4n) is 1.87. The Morgan fingerprint density at radius 2 is 2.06 bits per heavy atom. The van der Waals surface area contributed by atoms with Crippen molar-refractivity contribution < 1.29 is 9.53 Å². The van der Waals surface area contributed by atoms with Gasteiger partial charge in [0.1, 0.15) is 11.5 Å². The Morgan fingerprint density at radius 3 is 2.75 bits per heavy atom. The summed E-state index contributed by atoms with van der Waals surface area (Å²) in [4.78, 5) is 11.2. The Kier molecular flexibility index (Phi) is 2.91. The average Bonchev–Trinajstić information content (AvgIpc) is 2.28. The molecule has 2 aromatic rings. The van der Waals surface area contributed by atoms with Gasteiger partial charge in [0.2, 0.25) is 0 Å². The maximum absolute atomic E-state index is 11.2. The van der Waals surface area contributed by atoms with Gasteiger partial charge < -0.3 is 4.74 Å². The fraction of sp³-hybridized carbons (Fsp3) is 0.214. The highest BCUT2D eigenvalue weighted by atomic mass is 16.5. The van der Waals surface area contributed by atoms with Crippen LogP contribution in [0, 0.1) is 0 Å². The third-order valence-corrected chi connectivity index (χ3v) is 2.62. The van der Waals surface area contributed by atoms with Crippen molar-refractivity contribution in [3.63, 3.8) is 0 Å². The molecule has 0 atom stereocenters. The van der Waals surface area contributed by atoms with Gasteiger partial charge in [0.05, 0.1) is 7.11 Å². The summed E-state index contributed by atoms with van der Waals surface area (Å²) >= 11 is 0. The number of hydrogen-bond donors (Lipinski definition) is 0. The lowest BCUT2D eigenvalue weighted by molar-refractivity contribution is -0.116. The van der Waals surface area contributed by atoms with E-state index < -0.39 is 0 Å². The minimum atomic E-state index is 0.176. The van der Waals surface area contributed by atoms with Crippen molar-refractivity contribution in [2.45, 2.75) is 13.3 Å². The number of ether oxygens (including phenoxy) is 1. The topological polar surface area (TPSA) is 26.3 Å². The Hall–Kier alpha value is -1.83. The van der Waals surface area contributed by atoms with Gasteiger partial charge in [-0.3, -0.25) is 4.79 Å². The summed E-state index contributed by atoms with van der Waals surface area (Å²) in [5, 5.41) is 2.23. The fourth-order valence-corrected chi connectivity index (χ4v) is 1.87. The first-order valence-corrected chi connectivity index (χ1v) is 5.26. The molecule has 0 amide bonds. The van der Waals surface area contributed by atoms with Crippen molar-refractivity contribution in [3.8, 4) is 5.75 Å². The number of carbonyl (C=O) groups excluding carboxylic acids is 1. The standard InChI is InChI=1S/C14H14O2/c1-10(15)8-12-5-3-4-11-6-7-13(16-2)9-14(11)12/h3-7,9H,8H2,1-2H3. The highest BCUT2D eigenvalue weighted by molar-refractivity contribution is 5.91. The normalized spacial score (nSPS) is 10.4. The van der Waals surface area contributed by atoms with E-state index in [0.29, 0.717) is 6.42 Å². The molecule has 0 aromatic heterocycles. The van der Waals surface area contributed by atoms with Gasteiger partial charge in [-0.05, 0) is 35.4 Å². The van der Waals surface area contributed by atoms with Crippen LogP contribution in [0.25, 0.3) is 10.8 Å². The van der Waals surface area contributed by atoms with Crippen LogP contribution in [0.2, 0.25) is 0 Å². The monoisotopic (exact) mass is 214 g/mol. The molecule has 0 saturated carbocycles. The molecular weight excluding hydrogens is 200 g/mol. The first-order chi connectivity index (χ1) is 7.70. The predicted octanol–water partition coefficient (Wildman–Crippen LogP) is 2.98. The molecule has 0 unspecified atom stereocenters. The molecule has 2 rings (SSSR count). The number of ketones is 1. The van der Waals surface area contributed by atoms with Gasteiger partial charge in [-0.15, -0.1) is 0 Å². The molecule has 2 heteroatoms. The third-order valence-electron chi connectivity index (χ3n) is 2.62. The summed E-state index contributed by atoms with van der Waals surface area (Å²) in [6, 6.07) is 11.9. The SMILES string of the molecule is COc1ccc2cccc(CC(C)=O)c2c1. The number of Topliss-reactive ketones (excluding diaryl/α,β-unsaturated/α-hetero) is 1. The molecule has 16 heavy (non-hydrogen) atoms. The van der Waals surface area contributed by atoms with Gasteiger partial charge >= 0.3 is 0 Å². The van der Waals surface area contributed by atoms with Crippen LogP contribution in [-0.2, 0) is 11.2 Å². The van der Waals surface area contributed by atoms with Crippen LogP contribution < -0.4 is 4.74 Å². The van der Waals surface area contributed by atoms with Gasteiger partial charge in [-0.1, -0.05) is 24.3 Å². The third kappa shape index (κ3) is 2.06. The van der Waals surface area contributed by atoms with E-state index in [1.807, 2.05) is 36.4 Å². The first kappa shape index (κ1) is 10.7. The van der Waals surface area contributed by atoms with Crippen molar-refractivity contribution in [2.75, 3.05) is 7.11 Å². The van der Waals surface area contributed by atoms with Gasteiger partial charge in [0, 0.05) is 6.42 Å². The molecule has 0 aliphatic carbocycles. The zero-order chi connectivity index (χ0) is 11.5. The van der Waals surface area contributed by atoms with E-state index in [1.54, 1.807) is 14.0 Å². The van der Waals surface area contributed by atoms with E-state index in [0.717, 1.165) is 22.1 Å². The molecule has 2 aromatic carbocycles. The summed E-state index contributed by atoms with van der Waals surface area (Å²) in [7, 11) is 1.65. The van der Waals surface area contributed by atoms with Crippen LogP contribution in [0.4, 0.5) is 0 Å². The molecule has 0 bridgehead atoms. The van der Waals surface area contributed by atoms with Crippen LogP contribution in [-0.4, -0.2) is 12.9 Å². The molecule has 0 N–H and O–H groups in total. The average molecular weight is 214 g/mol. The lowest BCUT2D eigenvalue weighted by atomic mass is 10.0. The highest BCUT2D eigenvalue weighted by Crippen LogP contribution is 2.24. The van der Waals surface area contributed by atoms with Crippen LogP contribution in [0.3, 0.4) is 0 Å². The molecule has 0 radical (unpaired) electrons. The number of methoxy groups -OCH3 is 1. The van der Waals surface area contributed by atoms with E-state index in [4.69, 9.17) is 4.74 Å². The number of rotatable bonds is 3. The van der Waals surface area contributed by atoms with E-state index in [-0.39, 0.29) is 5.78 Å². The zero-order valence-corrected chi connectivity index (χ0v) is 9.49. The molecule has 0 fully saturated rings. The Labute approximate surface area is 94.8 Å². The molecule has 0 saturated heterocycles. The lowest BCUT2D eigenvalue weighted by Crippen LogP contribution is -1.97. The van der Waals surface area contributed by atoms with Crippen molar-refractivity contribution in [3.05, 3.63) is 42.0 Å². The Bertz CT molecular complexity index is 529. The molecule has 2 nitrogen and oxygen atoms in total. The van der Waals surface area contributed by atoms with Crippen molar-refractivity contribution >= 4 is 16.6 Å². The minimum absolute atomic E-state index is 0.176. The predicted molar refractivity (Wildman–Crippen MR) is 64.9 cm³/mol. The van der Waals surface area contributed by atoms with E-state index >= 15 is 0 Å². The lowest BCUT2D eigenvalue weighted by Gasteiger charge is -2.07. The van der Waals surface area contributed by atoms with Gasteiger partial charge in [-0.2, -0.15) is 0 Å². The maximum atomic E-state index is 11.2. The zero-order valence-electron chi connectivity index (χ0n) is 9.49. The van der Waals surface area contributed by atoms with Gasteiger partial charge in [-0.25, -0.2) is 0 Å². The Morgan fingerprint density at radius 1 is 1.25 bits per heavy atom. The van der Waals surface area contributed by atoms with E-state index in [1.165, 1.54) is 0 Å². The molecular formula is C14H14O2. The molecule has 0 heterocycles. The highest BCUT2D eigenvalue weighted by Gasteiger charge is 2.04. The second-order valence-corrected chi connectivity index (χ2v) is 3.88. The first-order valence-electron chi connectivity index (χ1n) is 5.26. The van der Waals surface area contributed by atoms with Gasteiger partial charge in [0.15, 0.2) is 0 Å². The minimum Gasteiger partial charge on any atom is -0.497 e. The number of hydrogen-bond acceptors (Lipinski definition) is 2. The number of fused-ring (bicyclic) bond motifs is 1. The van der Waals surface area contributed by atoms with Crippen molar-refractivity contribution in [1.29, 1.82) is 0 Å². The summed E-state index contributed by atoms with van der Waals surface area (Å²) in [6.07, 6.45) is 0.477. The van der Waals surface area contributed by atoms with Gasteiger partial charge in [0.25, 0.3) is 0 Å². The smallest absolute Gasteiger partial charge is 0.134 e.